The maximum Gasteiger partial charge on any atom is 0.131 e. The highest BCUT2D eigenvalue weighted by atomic mass is 35.5. The molecule has 1 aromatic carbocycles. The molecule has 12 heavy (non-hydrogen) atoms. The van der Waals surface area contributed by atoms with Gasteiger partial charge in [0.15, 0.2) is 0 Å². The molecular weight excluding hydrogens is 179 g/mol. The molecule has 0 fully saturated rings. The molecule has 64 valence electrons. The molecule has 0 radical (unpaired) electrons. The second-order valence-corrected chi connectivity index (χ2v) is 2.69. The topological polar surface area (TPSA) is 20.2 Å². The lowest BCUT2D eigenvalue weighted by atomic mass is 10.2. The van der Waals surface area contributed by atoms with E-state index < -0.39 is 0 Å². The first-order valence-corrected chi connectivity index (χ1v) is 3.84. The Morgan fingerprint density at radius 3 is 2.83 bits per heavy atom. The van der Waals surface area contributed by atoms with Crippen molar-refractivity contribution in [2.75, 3.05) is 6.61 Å². The Morgan fingerprint density at radius 2 is 2.25 bits per heavy atom. The smallest absolute Gasteiger partial charge is 0.131 e. The molecular formula is C9H8ClFO. The van der Waals surface area contributed by atoms with E-state index in [1.54, 1.807) is 12.1 Å². The highest BCUT2D eigenvalue weighted by Gasteiger charge is 1.97. The lowest BCUT2D eigenvalue weighted by molar-refractivity contribution is 0.343. The van der Waals surface area contributed by atoms with Crippen molar-refractivity contribution in [1.82, 2.24) is 0 Å². The van der Waals surface area contributed by atoms with Crippen molar-refractivity contribution in [2.24, 2.45) is 0 Å². The van der Waals surface area contributed by atoms with E-state index >= 15 is 0 Å². The summed E-state index contributed by atoms with van der Waals surface area (Å²) in [6.07, 6.45) is 2.97. The van der Waals surface area contributed by atoms with Crippen LogP contribution in [0.15, 0.2) is 24.3 Å². The molecule has 0 aliphatic rings. The third kappa shape index (κ3) is 2.32. The summed E-state index contributed by atoms with van der Waals surface area (Å²) < 4.78 is 13.0. The van der Waals surface area contributed by atoms with Crippen molar-refractivity contribution in [3.63, 3.8) is 0 Å². The van der Waals surface area contributed by atoms with Gasteiger partial charge in [-0.2, -0.15) is 0 Å². The fraction of sp³-hybridized carbons (Fsp3) is 0.111. The maximum atomic E-state index is 13.0. The van der Waals surface area contributed by atoms with Gasteiger partial charge < -0.3 is 5.11 Å². The summed E-state index contributed by atoms with van der Waals surface area (Å²) >= 11 is 5.54. The van der Waals surface area contributed by atoms with Gasteiger partial charge in [0.25, 0.3) is 0 Å². The third-order valence-electron chi connectivity index (χ3n) is 1.37. The molecule has 0 atom stereocenters. The van der Waals surface area contributed by atoms with Crippen molar-refractivity contribution in [1.29, 1.82) is 0 Å². The van der Waals surface area contributed by atoms with Gasteiger partial charge >= 0.3 is 0 Å². The van der Waals surface area contributed by atoms with Gasteiger partial charge in [-0.15, -0.1) is 0 Å². The molecule has 0 aromatic heterocycles. The zero-order valence-electron chi connectivity index (χ0n) is 6.30. The zero-order chi connectivity index (χ0) is 8.97. The molecule has 1 aromatic rings. The van der Waals surface area contributed by atoms with E-state index in [4.69, 9.17) is 16.7 Å². The van der Waals surface area contributed by atoms with Gasteiger partial charge in [-0.1, -0.05) is 29.8 Å². The van der Waals surface area contributed by atoms with Gasteiger partial charge in [-0.25, -0.2) is 4.39 Å². The highest BCUT2D eigenvalue weighted by Crippen LogP contribution is 2.15. The van der Waals surface area contributed by atoms with Crippen molar-refractivity contribution < 1.29 is 9.50 Å². The van der Waals surface area contributed by atoms with Crippen LogP contribution in [0, 0.1) is 5.82 Å². The monoisotopic (exact) mass is 186 g/mol. The molecule has 0 aliphatic heterocycles. The van der Waals surface area contributed by atoms with Gasteiger partial charge in [0.05, 0.1) is 6.61 Å². The Balaban J connectivity index is 2.94. The normalized spacial score (nSPS) is 10.9. The van der Waals surface area contributed by atoms with Gasteiger partial charge in [-0.05, 0) is 12.1 Å². The van der Waals surface area contributed by atoms with Gasteiger partial charge in [0.1, 0.15) is 5.82 Å². The molecule has 0 saturated carbocycles. The molecule has 0 aliphatic carbocycles. The largest absolute Gasteiger partial charge is 0.392 e. The van der Waals surface area contributed by atoms with Crippen molar-refractivity contribution in [3.05, 3.63) is 40.7 Å². The van der Waals surface area contributed by atoms with E-state index in [1.165, 1.54) is 18.2 Å². The van der Waals surface area contributed by atoms with Crippen LogP contribution in [0.2, 0.25) is 5.02 Å². The van der Waals surface area contributed by atoms with Crippen LogP contribution in [0.5, 0.6) is 0 Å². The summed E-state index contributed by atoms with van der Waals surface area (Å²) in [6, 6.07) is 4.39. The van der Waals surface area contributed by atoms with Crippen LogP contribution < -0.4 is 0 Å². The van der Waals surface area contributed by atoms with E-state index in [1.807, 2.05) is 0 Å². The third-order valence-corrected chi connectivity index (χ3v) is 1.60. The van der Waals surface area contributed by atoms with Crippen molar-refractivity contribution >= 4 is 17.7 Å². The van der Waals surface area contributed by atoms with Crippen LogP contribution in [-0.2, 0) is 0 Å². The average molecular weight is 187 g/mol. The molecule has 0 heterocycles. The second kappa shape index (κ2) is 4.24. The first-order chi connectivity index (χ1) is 5.74. The molecule has 0 unspecified atom stereocenters. The quantitative estimate of drug-likeness (QED) is 0.753. The molecule has 1 N–H and O–H groups in total. The first kappa shape index (κ1) is 9.23. The number of hydrogen-bond acceptors (Lipinski definition) is 1. The summed E-state index contributed by atoms with van der Waals surface area (Å²) in [6.45, 7) is -0.0952. The number of halogens is 2. The first-order valence-electron chi connectivity index (χ1n) is 3.46. The Kier molecular flexibility index (Phi) is 3.26. The fourth-order valence-electron chi connectivity index (χ4n) is 0.816. The Bertz CT molecular complexity index is 297. The molecule has 1 nitrogen and oxygen atoms in total. The number of aliphatic hydroxyl groups excluding tert-OH is 1. The minimum Gasteiger partial charge on any atom is -0.392 e. The van der Waals surface area contributed by atoms with Crippen LogP contribution in [0.1, 0.15) is 5.56 Å². The highest BCUT2D eigenvalue weighted by molar-refractivity contribution is 6.30. The van der Waals surface area contributed by atoms with Crippen molar-refractivity contribution in [2.45, 2.75) is 0 Å². The van der Waals surface area contributed by atoms with E-state index in [-0.39, 0.29) is 12.4 Å². The lowest BCUT2D eigenvalue weighted by Gasteiger charge is -1.96. The Labute approximate surface area is 75.1 Å². The summed E-state index contributed by atoms with van der Waals surface area (Å²) in [7, 11) is 0. The van der Waals surface area contributed by atoms with Gasteiger partial charge in [0.2, 0.25) is 0 Å². The fourth-order valence-corrected chi connectivity index (χ4v) is 0.975. The second-order valence-electron chi connectivity index (χ2n) is 2.25. The summed E-state index contributed by atoms with van der Waals surface area (Å²) in [4.78, 5) is 0. The van der Waals surface area contributed by atoms with Crippen LogP contribution in [0.4, 0.5) is 4.39 Å². The molecule has 0 spiro atoms. The van der Waals surface area contributed by atoms with E-state index in [0.29, 0.717) is 10.6 Å². The molecule has 0 amide bonds. The minimum absolute atomic E-state index is 0.0952. The van der Waals surface area contributed by atoms with Crippen LogP contribution in [-0.4, -0.2) is 11.7 Å². The zero-order valence-corrected chi connectivity index (χ0v) is 7.05. The van der Waals surface area contributed by atoms with Gasteiger partial charge in [0, 0.05) is 10.6 Å². The lowest BCUT2D eigenvalue weighted by Crippen LogP contribution is -1.81. The number of hydrogen-bond donors (Lipinski definition) is 1. The summed E-state index contributed by atoms with van der Waals surface area (Å²) in [5, 5.41) is 8.81. The minimum atomic E-state index is -0.382. The predicted molar refractivity (Wildman–Crippen MR) is 47.5 cm³/mol. The van der Waals surface area contributed by atoms with Crippen molar-refractivity contribution in [3.8, 4) is 0 Å². The maximum absolute atomic E-state index is 13.0. The van der Waals surface area contributed by atoms with Crippen LogP contribution >= 0.6 is 11.6 Å². The van der Waals surface area contributed by atoms with E-state index in [9.17, 15) is 4.39 Å². The molecule has 0 bridgehead atoms. The molecule has 1 rings (SSSR count). The Hall–Kier alpha value is -0.860. The number of aliphatic hydroxyl groups is 1. The SMILES string of the molecule is OC/C=C/c1ccc(Cl)cc1F. The van der Waals surface area contributed by atoms with E-state index in [0.717, 1.165) is 0 Å². The summed E-state index contributed by atoms with van der Waals surface area (Å²) in [5.74, 6) is -0.382. The average Bonchev–Trinajstić information content (AvgIpc) is 2.03. The molecule has 3 heteroatoms. The summed E-state index contributed by atoms with van der Waals surface area (Å²) in [5.41, 5.74) is 0.424. The van der Waals surface area contributed by atoms with Crippen LogP contribution in [0.3, 0.4) is 0 Å². The van der Waals surface area contributed by atoms with Gasteiger partial charge in [-0.3, -0.25) is 0 Å². The van der Waals surface area contributed by atoms with Crippen LogP contribution in [0.25, 0.3) is 6.08 Å². The molecule has 0 saturated heterocycles. The number of benzene rings is 1. The predicted octanol–water partition coefficient (Wildman–Crippen LogP) is 2.48. The number of rotatable bonds is 2. The Morgan fingerprint density at radius 1 is 1.50 bits per heavy atom. The van der Waals surface area contributed by atoms with E-state index in [2.05, 4.69) is 0 Å². The standard InChI is InChI=1S/C9H8ClFO/c10-8-4-3-7(2-1-5-12)9(11)6-8/h1-4,6,12H,5H2/b2-1+.